The highest BCUT2D eigenvalue weighted by atomic mass is 16.2. The van der Waals surface area contributed by atoms with Gasteiger partial charge in [0.2, 0.25) is 5.91 Å². The highest BCUT2D eigenvalue weighted by Gasteiger charge is 2.20. The van der Waals surface area contributed by atoms with E-state index in [0.717, 1.165) is 36.8 Å². The largest absolute Gasteiger partial charge is 0.349 e. The first kappa shape index (κ1) is 22.3. The molecule has 0 aromatic heterocycles. The molecular weight excluding hydrogens is 390 g/mol. The summed E-state index contributed by atoms with van der Waals surface area (Å²) in [5.74, 6) is -1.04. The van der Waals surface area contributed by atoms with Gasteiger partial charge in [0.25, 0.3) is 11.8 Å². The second kappa shape index (κ2) is 10.6. The first-order valence-corrected chi connectivity index (χ1v) is 10.7. The molecule has 6 heteroatoms. The van der Waals surface area contributed by atoms with Crippen LogP contribution in [0.5, 0.6) is 0 Å². The van der Waals surface area contributed by atoms with Gasteiger partial charge in [0.05, 0.1) is 11.3 Å². The molecule has 2 aromatic rings. The van der Waals surface area contributed by atoms with Gasteiger partial charge in [-0.05, 0) is 49.1 Å². The summed E-state index contributed by atoms with van der Waals surface area (Å²) in [6.45, 7) is 3.28. The molecule has 0 aliphatic heterocycles. The number of hydrogen-bond donors (Lipinski definition) is 3. The first-order valence-electron chi connectivity index (χ1n) is 10.7. The van der Waals surface area contributed by atoms with Crippen molar-refractivity contribution < 1.29 is 14.4 Å². The van der Waals surface area contributed by atoms with E-state index in [1.54, 1.807) is 30.3 Å². The molecule has 1 aliphatic rings. The number of benzene rings is 2. The molecule has 0 unspecified atom stereocenters. The summed E-state index contributed by atoms with van der Waals surface area (Å²) in [5, 5.41) is 8.47. The molecule has 0 heterocycles. The molecule has 162 valence electrons. The van der Waals surface area contributed by atoms with E-state index in [1.165, 1.54) is 13.3 Å². The van der Waals surface area contributed by atoms with Gasteiger partial charge in [0.1, 0.15) is 5.70 Å². The van der Waals surface area contributed by atoms with Crippen molar-refractivity contribution in [1.82, 2.24) is 10.6 Å². The molecule has 1 fully saturated rings. The minimum Gasteiger partial charge on any atom is -0.349 e. The molecule has 3 N–H and O–H groups in total. The van der Waals surface area contributed by atoms with Crippen molar-refractivity contribution in [3.63, 3.8) is 0 Å². The number of carbonyl (C=O) groups is 3. The fraction of sp³-hybridized carbons (Fsp3) is 0.320. The minimum atomic E-state index is -0.489. The molecule has 0 atom stereocenters. The predicted molar refractivity (Wildman–Crippen MR) is 122 cm³/mol. The van der Waals surface area contributed by atoms with Gasteiger partial charge in [-0.2, -0.15) is 0 Å². The number of carbonyl (C=O) groups excluding carboxylic acids is 3. The quantitative estimate of drug-likeness (QED) is 0.614. The Hall–Kier alpha value is -3.41. The van der Waals surface area contributed by atoms with Crippen molar-refractivity contribution in [2.45, 2.75) is 52.0 Å². The van der Waals surface area contributed by atoms with Crippen LogP contribution in [0.25, 0.3) is 6.08 Å². The van der Waals surface area contributed by atoms with Crippen molar-refractivity contribution in [1.29, 1.82) is 0 Å². The standard InChI is InChI=1S/C25H29N3O3/c1-17-10-6-7-11-19(17)16-23(26-18(2)29)25(31)28-22-15-9-8-14-21(22)24(30)27-20-12-4-3-5-13-20/h6-11,14-16,20H,3-5,12-13H2,1-2H3,(H,26,29)(H,27,30)(H,28,31)/b23-16-. The molecule has 0 saturated heterocycles. The van der Waals surface area contributed by atoms with Crippen molar-refractivity contribution in [3.05, 3.63) is 70.9 Å². The van der Waals surface area contributed by atoms with Gasteiger partial charge in [-0.25, -0.2) is 0 Å². The molecule has 0 radical (unpaired) electrons. The third kappa shape index (κ3) is 6.28. The van der Waals surface area contributed by atoms with Crippen molar-refractivity contribution in [3.8, 4) is 0 Å². The van der Waals surface area contributed by atoms with Gasteiger partial charge in [-0.3, -0.25) is 14.4 Å². The minimum absolute atomic E-state index is 0.115. The maximum absolute atomic E-state index is 13.0. The van der Waals surface area contributed by atoms with Crippen LogP contribution in [0.2, 0.25) is 0 Å². The third-order valence-electron chi connectivity index (χ3n) is 5.40. The fourth-order valence-electron chi connectivity index (χ4n) is 3.74. The van der Waals surface area contributed by atoms with E-state index in [0.29, 0.717) is 11.3 Å². The zero-order chi connectivity index (χ0) is 22.2. The molecule has 1 saturated carbocycles. The Kier molecular flexibility index (Phi) is 7.60. The molecule has 3 amide bonds. The van der Waals surface area contributed by atoms with Crippen LogP contribution in [0.4, 0.5) is 5.69 Å². The lowest BCUT2D eigenvalue weighted by Gasteiger charge is -2.23. The highest BCUT2D eigenvalue weighted by Crippen LogP contribution is 2.21. The van der Waals surface area contributed by atoms with E-state index < -0.39 is 5.91 Å². The van der Waals surface area contributed by atoms with Gasteiger partial charge in [-0.1, -0.05) is 55.7 Å². The van der Waals surface area contributed by atoms with E-state index in [-0.39, 0.29) is 23.6 Å². The molecule has 2 aromatic carbocycles. The van der Waals surface area contributed by atoms with Gasteiger partial charge >= 0.3 is 0 Å². The average molecular weight is 420 g/mol. The van der Waals surface area contributed by atoms with Gasteiger partial charge in [0, 0.05) is 13.0 Å². The van der Waals surface area contributed by atoms with Crippen LogP contribution in [0, 0.1) is 6.92 Å². The second-order valence-corrected chi connectivity index (χ2v) is 7.90. The number of amides is 3. The molecule has 0 bridgehead atoms. The van der Waals surface area contributed by atoms with Crippen LogP contribution in [0.1, 0.15) is 60.5 Å². The Morgan fingerprint density at radius 3 is 2.32 bits per heavy atom. The molecule has 31 heavy (non-hydrogen) atoms. The maximum atomic E-state index is 13.0. The zero-order valence-corrected chi connectivity index (χ0v) is 18.0. The van der Waals surface area contributed by atoms with Crippen LogP contribution in [-0.4, -0.2) is 23.8 Å². The van der Waals surface area contributed by atoms with Crippen molar-refractivity contribution in [2.75, 3.05) is 5.32 Å². The normalized spacial score (nSPS) is 14.6. The number of anilines is 1. The van der Waals surface area contributed by atoms with Crippen molar-refractivity contribution >= 4 is 29.5 Å². The smallest absolute Gasteiger partial charge is 0.272 e. The van der Waals surface area contributed by atoms with Crippen LogP contribution in [0.15, 0.2) is 54.2 Å². The number of para-hydroxylation sites is 1. The Morgan fingerprint density at radius 1 is 0.935 bits per heavy atom. The summed E-state index contributed by atoms with van der Waals surface area (Å²) >= 11 is 0. The third-order valence-corrected chi connectivity index (χ3v) is 5.40. The molecule has 6 nitrogen and oxygen atoms in total. The number of aryl methyl sites for hydroxylation is 1. The van der Waals surface area contributed by atoms with E-state index in [2.05, 4.69) is 16.0 Å². The lowest BCUT2D eigenvalue weighted by atomic mass is 9.95. The van der Waals surface area contributed by atoms with E-state index in [4.69, 9.17) is 0 Å². The SMILES string of the molecule is CC(=O)N/C(=C\c1ccccc1C)C(=O)Nc1ccccc1C(=O)NC1CCCCC1. The van der Waals surface area contributed by atoms with Crippen LogP contribution in [-0.2, 0) is 9.59 Å². The van der Waals surface area contributed by atoms with Gasteiger partial charge < -0.3 is 16.0 Å². The summed E-state index contributed by atoms with van der Waals surface area (Å²) in [6.07, 6.45) is 7.04. The van der Waals surface area contributed by atoms with Crippen LogP contribution < -0.4 is 16.0 Å². The topological polar surface area (TPSA) is 87.3 Å². The van der Waals surface area contributed by atoms with E-state index >= 15 is 0 Å². The fourth-order valence-corrected chi connectivity index (χ4v) is 3.74. The Morgan fingerprint density at radius 2 is 1.61 bits per heavy atom. The highest BCUT2D eigenvalue weighted by molar-refractivity contribution is 6.11. The Bertz CT molecular complexity index is 991. The summed E-state index contributed by atoms with van der Waals surface area (Å²) in [4.78, 5) is 37.5. The number of nitrogens with one attached hydrogen (secondary N) is 3. The van der Waals surface area contributed by atoms with Gasteiger partial charge in [0.15, 0.2) is 0 Å². The molecule has 0 spiro atoms. The maximum Gasteiger partial charge on any atom is 0.272 e. The van der Waals surface area contributed by atoms with Crippen LogP contribution >= 0.6 is 0 Å². The number of rotatable bonds is 6. The molecule has 3 rings (SSSR count). The predicted octanol–water partition coefficient (Wildman–Crippen LogP) is 4.17. The van der Waals surface area contributed by atoms with Crippen LogP contribution in [0.3, 0.4) is 0 Å². The average Bonchev–Trinajstić information content (AvgIpc) is 2.75. The Balaban J connectivity index is 1.81. The Labute approximate surface area is 183 Å². The number of hydrogen-bond acceptors (Lipinski definition) is 3. The molecular formula is C25H29N3O3. The summed E-state index contributed by atoms with van der Waals surface area (Å²) in [6, 6.07) is 14.7. The van der Waals surface area contributed by atoms with Gasteiger partial charge in [-0.15, -0.1) is 0 Å². The summed E-state index contributed by atoms with van der Waals surface area (Å²) < 4.78 is 0. The summed E-state index contributed by atoms with van der Waals surface area (Å²) in [5.41, 5.74) is 2.72. The lowest BCUT2D eigenvalue weighted by molar-refractivity contribution is -0.120. The first-order chi connectivity index (χ1) is 14.9. The zero-order valence-electron chi connectivity index (χ0n) is 18.0. The molecule has 1 aliphatic carbocycles. The van der Waals surface area contributed by atoms with E-state index in [1.807, 2.05) is 31.2 Å². The summed E-state index contributed by atoms with van der Waals surface area (Å²) in [7, 11) is 0. The van der Waals surface area contributed by atoms with Crippen molar-refractivity contribution in [2.24, 2.45) is 0 Å². The monoisotopic (exact) mass is 419 g/mol. The lowest BCUT2D eigenvalue weighted by Crippen LogP contribution is -2.37. The van der Waals surface area contributed by atoms with E-state index in [9.17, 15) is 14.4 Å². The second-order valence-electron chi connectivity index (χ2n) is 7.90.